The van der Waals surface area contributed by atoms with Crippen molar-refractivity contribution in [3.63, 3.8) is 0 Å². The maximum atomic E-state index is 13.0. The molecule has 0 amide bonds. The molecule has 0 aliphatic heterocycles. The van der Waals surface area contributed by atoms with Gasteiger partial charge < -0.3 is 15.7 Å². The van der Waals surface area contributed by atoms with E-state index in [0.29, 0.717) is 0 Å². The first-order valence-electron chi connectivity index (χ1n) is 5.04. The number of hydrogen-bond donors (Lipinski definition) is 2. The highest BCUT2D eigenvalue weighted by Crippen LogP contribution is 2.24. The van der Waals surface area contributed by atoms with Crippen molar-refractivity contribution in [2.75, 3.05) is 0 Å². The molecule has 1 aromatic carbocycles. The van der Waals surface area contributed by atoms with Gasteiger partial charge in [-0.1, -0.05) is 16.8 Å². The topological polar surface area (TPSA) is 93.6 Å². The molecule has 0 aliphatic carbocycles. The summed E-state index contributed by atoms with van der Waals surface area (Å²) in [7, 11) is 0. The van der Waals surface area contributed by atoms with E-state index < -0.39 is 5.82 Å². The van der Waals surface area contributed by atoms with E-state index in [2.05, 4.69) is 15.1 Å². The Morgan fingerprint density at radius 2 is 2.21 bits per heavy atom. The minimum Gasteiger partial charge on any atom is -0.424 e. The number of nitrogens with two attached hydrogens (primary N) is 1. The second kappa shape index (κ2) is 5.49. The van der Waals surface area contributed by atoms with Gasteiger partial charge in [0.15, 0.2) is 5.84 Å². The summed E-state index contributed by atoms with van der Waals surface area (Å²) >= 11 is 5.62. The Morgan fingerprint density at radius 1 is 1.42 bits per heavy atom. The molecule has 0 atom stereocenters. The average Bonchev–Trinajstić information content (AvgIpc) is 2.42. The summed E-state index contributed by atoms with van der Waals surface area (Å²) in [6.07, 6.45) is 1.38. The van der Waals surface area contributed by atoms with Gasteiger partial charge in [0, 0.05) is 12.3 Å². The Balaban J connectivity index is 2.26. The van der Waals surface area contributed by atoms with Gasteiger partial charge >= 0.3 is 6.01 Å². The molecule has 0 spiro atoms. The molecule has 2 aromatic rings. The van der Waals surface area contributed by atoms with E-state index in [0.717, 1.165) is 6.07 Å². The zero-order valence-electron chi connectivity index (χ0n) is 9.42. The lowest BCUT2D eigenvalue weighted by Gasteiger charge is -2.05. The molecule has 0 unspecified atom stereocenters. The number of oxime groups is 1. The van der Waals surface area contributed by atoms with Gasteiger partial charge in [0.25, 0.3) is 0 Å². The van der Waals surface area contributed by atoms with Crippen molar-refractivity contribution in [3.8, 4) is 11.8 Å². The molecule has 3 N–H and O–H groups in total. The summed E-state index contributed by atoms with van der Waals surface area (Å²) in [4.78, 5) is 7.75. The molecule has 8 heteroatoms. The van der Waals surface area contributed by atoms with Gasteiger partial charge in [-0.25, -0.2) is 9.37 Å². The number of rotatable bonds is 3. The summed E-state index contributed by atoms with van der Waals surface area (Å²) < 4.78 is 18.3. The van der Waals surface area contributed by atoms with Gasteiger partial charge in [-0.2, -0.15) is 4.98 Å². The maximum Gasteiger partial charge on any atom is 0.322 e. The number of aromatic nitrogens is 2. The lowest BCUT2D eigenvalue weighted by atomic mass is 10.3. The van der Waals surface area contributed by atoms with Crippen molar-refractivity contribution >= 4 is 17.4 Å². The number of nitrogens with zero attached hydrogens (tertiary/aromatic N) is 3. The Labute approximate surface area is 112 Å². The molecule has 1 heterocycles. The van der Waals surface area contributed by atoms with Crippen LogP contribution in [-0.4, -0.2) is 21.0 Å². The Hall–Kier alpha value is -2.41. The van der Waals surface area contributed by atoms with Crippen molar-refractivity contribution in [2.24, 2.45) is 10.9 Å². The largest absolute Gasteiger partial charge is 0.424 e. The molecule has 1 aromatic heterocycles. The van der Waals surface area contributed by atoms with E-state index in [1.165, 1.54) is 24.4 Å². The molecule has 0 saturated heterocycles. The van der Waals surface area contributed by atoms with Crippen molar-refractivity contribution < 1.29 is 14.3 Å². The van der Waals surface area contributed by atoms with E-state index in [1.54, 1.807) is 0 Å². The highest BCUT2D eigenvalue weighted by Gasteiger charge is 2.07. The Kier molecular flexibility index (Phi) is 3.76. The first kappa shape index (κ1) is 13.0. The summed E-state index contributed by atoms with van der Waals surface area (Å²) in [6, 6.07) is 5.23. The van der Waals surface area contributed by atoms with Gasteiger partial charge in [0.1, 0.15) is 17.3 Å². The molecule has 0 fully saturated rings. The first-order valence-corrected chi connectivity index (χ1v) is 5.42. The van der Waals surface area contributed by atoms with Gasteiger partial charge in [-0.3, -0.25) is 0 Å². The number of ether oxygens (including phenoxy) is 1. The van der Waals surface area contributed by atoms with E-state index in [1.807, 2.05) is 0 Å². The van der Waals surface area contributed by atoms with Crippen LogP contribution in [0.5, 0.6) is 11.8 Å². The quantitative estimate of drug-likeness (QED) is 0.389. The van der Waals surface area contributed by atoms with Gasteiger partial charge in [-0.15, -0.1) is 0 Å². The summed E-state index contributed by atoms with van der Waals surface area (Å²) in [5, 5.41) is 11.3. The lowest BCUT2D eigenvalue weighted by Crippen LogP contribution is -2.15. The average molecular weight is 283 g/mol. The monoisotopic (exact) mass is 282 g/mol. The van der Waals surface area contributed by atoms with Crippen LogP contribution in [0.4, 0.5) is 4.39 Å². The van der Waals surface area contributed by atoms with Crippen LogP contribution in [0, 0.1) is 5.82 Å². The molecule has 2 rings (SSSR count). The van der Waals surface area contributed by atoms with Crippen LogP contribution in [0.1, 0.15) is 5.69 Å². The third-order valence-corrected chi connectivity index (χ3v) is 2.39. The number of halogens is 2. The van der Waals surface area contributed by atoms with Crippen LogP contribution in [0.3, 0.4) is 0 Å². The fourth-order valence-electron chi connectivity index (χ4n) is 1.23. The molecule has 0 aliphatic rings. The molecule has 0 saturated carbocycles. The molecule has 98 valence electrons. The Bertz CT molecular complexity index is 636. The minimum atomic E-state index is -0.555. The summed E-state index contributed by atoms with van der Waals surface area (Å²) in [5.41, 5.74) is 5.58. The third kappa shape index (κ3) is 3.08. The van der Waals surface area contributed by atoms with E-state index in [9.17, 15) is 4.39 Å². The van der Waals surface area contributed by atoms with Crippen LogP contribution < -0.4 is 10.5 Å². The molecule has 19 heavy (non-hydrogen) atoms. The van der Waals surface area contributed by atoms with Gasteiger partial charge in [-0.05, 0) is 18.2 Å². The minimum absolute atomic E-state index is 0.0354. The summed E-state index contributed by atoms with van der Waals surface area (Å²) in [5.74, 6) is -0.465. The smallest absolute Gasteiger partial charge is 0.322 e. The van der Waals surface area contributed by atoms with Crippen LogP contribution in [0.25, 0.3) is 0 Å². The molecule has 0 bridgehead atoms. The molecular weight excluding hydrogens is 275 g/mol. The van der Waals surface area contributed by atoms with E-state index in [4.69, 9.17) is 27.3 Å². The Morgan fingerprint density at radius 3 is 2.89 bits per heavy atom. The van der Waals surface area contributed by atoms with Crippen molar-refractivity contribution in [2.45, 2.75) is 0 Å². The number of amidine groups is 1. The predicted octanol–water partition coefficient (Wildman–Crippen LogP) is 2.16. The fourth-order valence-corrected chi connectivity index (χ4v) is 1.40. The van der Waals surface area contributed by atoms with Crippen LogP contribution in [-0.2, 0) is 0 Å². The van der Waals surface area contributed by atoms with E-state index in [-0.39, 0.29) is 28.3 Å². The molecule has 6 nitrogen and oxygen atoms in total. The SMILES string of the molecule is N/C(=N/O)c1ccnc(Oc2ccc(F)c(Cl)c2)n1. The maximum absolute atomic E-state index is 13.0. The zero-order chi connectivity index (χ0) is 13.8. The second-order valence-electron chi connectivity index (χ2n) is 3.39. The normalized spacial score (nSPS) is 11.4. The fraction of sp³-hybridized carbons (Fsp3) is 0. The zero-order valence-corrected chi connectivity index (χ0v) is 10.2. The second-order valence-corrected chi connectivity index (χ2v) is 3.79. The highest BCUT2D eigenvalue weighted by molar-refractivity contribution is 6.30. The number of hydrogen-bond acceptors (Lipinski definition) is 5. The lowest BCUT2D eigenvalue weighted by molar-refractivity contribution is 0.318. The molecular formula is C11H8ClFN4O2. The van der Waals surface area contributed by atoms with Crippen LogP contribution in [0.15, 0.2) is 35.6 Å². The highest BCUT2D eigenvalue weighted by atomic mass is 35.5. The van der Waals surface area contributed by atoms with E-state index >= 15 is 0 Å². The third-order valence-electron chi connectivity index (χ3n) is 2.10. The van der Waals surface area contributed by atoms with Crippen LogP contribution in [0.2, 0.25) is 5.02 Å². The van der Waals surface area contributed by atoms with Crippen LogP contribution >= 0.6 is 11.6 Å². The summed E-state index contributed by atoms with van der Waals surface area (Å²) in [6.45, 7) is 0. The predicted molar refractivity (Wildman–Crippen MR) is 66.0 cm³/mol. The van der Waals surface area contributed by atoms with Gasteiger partial charge in [0.2, 0.25) is 0 Å². The number of benzene rings is 1. The van der Waals surface area contributed by atoms with Crippen molar-refractivity contribution in [3.05, 3.63) is 47.0 Å². The van der Waals surface area contributed by atoms with Gasteiger partial charge in [0.05, 0.1) is 5.02 Å². The van der Waals surface area contributed by atoms with Crippen molar-refractivity contribution in [1.82, 2.24) is 9.97 Å². The standard InChI is InChI=1S/C11H8ClFN4O2/c12-7-5-6(1-2-8(7)13)19-11-15-4-3-9(16-11)10(14)17-18/h1-5,18H,(H2,14,17). The van der Waals surface area contributed by atoms with Crippen molar-refractivity contribution in [1.29, 1.82) is 0 Å². The molecule has 0 radical (unpaired) electrons. The first-order chi connectivity index (χ1) is 9.10.